The van der Waals surface area contributed by atoms with Gasteiger partial charge in [0.15, 0.2) is 6.61 Å². The summed E-state index contributed by atoms with van der Waals surface area (Å²) in [7, 11) is 0. The Hall–Kier alpha value is -2.77. The molecule has 0 radical (unpaired) electrons. The van der Waals surface area contributed by atoms with Gasteiger partial charge in [-0.1, -0.05) is 23.2 Å². The number of rotatable bonds is 3. The van der Waals surface area contributed by atoms with Crippen LogP contribution in [-0.2, 0) is 11.3 Å². The SMILES string of the molecule is O=C1COc2cc(NCc3cc(=O)n4cc(Cl)ccc4n3)c(Cl)cc2N1. The quantitative estimate of drug-likeness (QED) is 0.717. The van der Waals surface area contributed by atoms with Crippen LogP contribution < -0.4 is 20.9 Å². The molecule has 2 aromatic heterocycles. The fourth-order valence-corrected chi connectivity index (χ4v) is 3.03. The van der Waals surface area contributed by atoms with E-state index in [0.29, 0.717) is 45.1 Å². The first-order valence-corrected chi connectivity index (χ1v) is 8.43. The zero-order valence-corrected chi connectivity index (χ0v) is 14.8. The molecule has 0 saturated carbocycles. The third kappa shape index (κ3) is 3.18. The number of hydrogen-bond acceptors (Lipinski definition) is 5. The first kappa shape index (κ1) is 16.7. The van der Waals surface area contributed by atoms with Crippen molar-refractivity contribution in [2.24, 2.45) is 0 Å². The second-order valence-electron chi connectivity index (χ2n) is 5.68. The Bertz CT molecular complexity index is 1100. The van der Waals surface area contributed by atoms with Gasteiger partial charge in [0.2, 0.25) is 0 Å². The van der Waals surface area contributed by atoms with E-state index < -0.39 is 0 Å². The molecule has 1 aliphatic rings. The number of halogens is 2. The Labute approximate surface area is 157 Å². The van der Waals surface area contributed by atoms with Crippen molar-refractivity contribution in [2.45, 2.75) is 6.54 Å². The van der Waals surface area contributed by atoms with Crippen molar-refractivity contribution in [3.8, 4) is 5.75 Å². The molecule has 0 fully saturated rings. The van der Waals surface area contributed by atoms with E-state index in [0.717, 1.165) is 0 Å². The Kier molecular flexibility index (Phi) is 4.18. The molecule has 1 aromatic carbocycles. The molecule has 3 heterocycles. The molecule has 4 rings (SSSR count). The molecule has 0 atom stereocenters. The minimum Gasteiger partial charge on any atom is -0.482 e. The van der Waals surface area contributed by atoms with Crippen LogP contribution in [0.5, 0.6) is 5.75 Å². The van der Waals surface area contributed by atoms with Gasteiger partial charge in [-0.3, -0.25) is 14.0 Å². The standard InChI is InChI=1S/C17H12Cl2N4O3/c18-9-1-2-15-21-10(3-17(25)23(15)7-9)6-20-12-5-14-13(4-11(12)19)22-16(24)8-26-14/h1-5,7,20H,6,8H2,(H,22,24). The van der Waals surface area contributed by atoms with Crippen LogP contribution in [0.15, 0.2) is 41.3 Å². The van der Waals surface area contributed by atoms with Crippen LogP contribution in [0.25, 0.3) is 5.65 Å². The lowest BCUT2D eigenvalue weighted by atomic mass is 10.2. The number of anilines is 2. The monoisotopic (exact) mass is 390 g/mol. The largest absolute Gasteiger partial charge is 0.482 e. The van der Waals surface area contributed by atoms with E-state index in [1.165, 1.54) is 16.7 Å². The van der Waals surface area contributed by atoms with Gasteiger partial charge in [-0.05, 0) is 18.2 Å². The number of benzene rings is 1. The zero-order chi connectivity index (χ0) is 18.3. The summed E-state index contributed by atoms with van der Waals surface area (Å²) >= 11 is 12.2. The number of amides is 1. The van der Waals surface area contributed by atoms with E-state index in [1.807, 2.05) is 0 Å². The van der Waals surface area contributed by atoms with Crippen LogP contribution in [0.1, 0.15) is 5.69 Å². The van der Waals surface area contributed by atoms with Crippen LogP contribution in [-0.4, -0.2) is 21.9 Å². The molecule has 0 saturated heterocycles. The number of pyridine rings is 1. The van der Waals surface area contributed by atoms with Crippen LogP contribution in [0.2, 0.25) is 10.0 Å². The fourth-order valence-electron chi connectivity index (χ4n) is 2.64. The minimum atomic E-state index is -0.227. The Balaban J connectivity index is 1.59. The van der Waals surface area contributed by atoms with Crippen LogP contribution in [0.3, 0.4) is 0 Å². The normalized spacial score (nSPS) is 13.1. The molecule has 1 amide bonds. The van der Waals surface area contributed by atoms with Crippen LogP contribution in [0, 0.1) is 0 Å². The summed E-state index contributed by atoms with van der Waals surface area (Å²) in [6, 6.07) is 8.09. The van der Waals surface area contributed by atoms with Gasteiger partial charge < -0.3 is 15.4 Å². The summed E-state index contributed by atoms with van der Waals surface area (Å²) < 4.78 is 6.76. The molecule has 3 aromatic rings. The van der Waals surface area contributed by atoms with Gasteiger partial charge in [-0.2, -0.15) is 0 Å². The number of nitrogens with zero attached hydrogens (tertiary/aromatic N) is 2. The van der Waals surface area contributed by atoms with E-state index in [2.05, 4.69) is 15.6 Å². The highest BCUT2D eigenvalue weighted by Gasteiger charge is 2.18. The molecule has 0 spiro atoms. The van der Waals surface area contributed by atoms with E-state index in [-0.39, 0.29) is 18.1 Å². The highest BCUT2D eigenvalue weighted by Crippen LogP contribution is 2.36. The number of aromatic nitrogens is 2. The number of carbonyl (C=O) groups is 1. The number of carbonyl (C=O) groups excluding carboxylic acids is 1. The van der Waals surface area contributed by atoms with Gasteiger partial charge in [0.1, 0.15) is 11.4 Å². The first-order valence-electron chi connectivity index (χ1n) is 7.67. The molecule has 0 unspecified atom stereocenters. The highest BCUT2D eigenvalue weighted by molar-refractivity contribution is 6.33. The number of hydrogen-bond donors (Lipinski definition) is 2. The van der Waals surface area contributed by atoms with Crippen LogP contribution in [0.4, 0.5) is 11.4 Å². The predicted molar refractivity (Wildman–Crippen MR) is 99.4 cm³/mol. The molecule has 2 N–H and O–H groups in total. The van der Waals surface area contributed by atoms with E-state index >= 15 is 0 Å². The molecular weight excluding hydrogens is 379 g/mol. The maximum absolute atomic E-state index is 12.2. The smallest absolute Gasteiger partial charge is 0.262 e. The summed E-state index contributed by atoms with van der Waals surface area (Å²) in [5.41, 5.74) is 1.97. The van der Waals surface area contributed by atoms with Gasteiger partial charge in [0, 0.05) is 18.3 Å². The van der Waals surface area contributed by atoms with Gasteiger partial charge in [-0.25, -0.2) is 4.98 Å². The topological polar surface area (TPSA) is 84.7 Å². The summed E-state index contributed by atoms with van der Waals surface area (Å²) in [4.78, 5) is 28.0. The number of nitrogens with one attached hydrogen (secondary N) is 2. The minimum absolute atomic E-state index is 0.0420. The average molecular weight is 391 g/mol. The van der Waals surface area contributed by atoms with E-state index in [4.69, 9.17) is 27.9 Å². The van der Waals surface area contributed by atoms with Crippen molar-refractivity contribution in [2.75, 3.05) is 17.2 Å². The number of fused-ring (bicyclic) bond motifs is 2. The molecule has 0 aliphatic carbocycles. The fraction of sp³-hybridized carbons (Fsp3) is 0.118. The summed E-state index contributed by atoms with van der Waals surface area (Å²) in [5, 5.41) is 6.70. The van der Waals surface area contributed by atoms with Crippen molar-refractivity contribution in [1.29, 1.82) is 0 Å². The second-order valence-corrected chi connectivity index (χ2v) is 6.52. The summed E-state index contributed by atoms with van der Waals surface area (Å²) in [6.07, 6.45) is 1.52. The molecule has 1 aliphatic heterocycles. The zero-order valence-electron chi connectivity index (χ0n) is 13.3. The van der Waals surface area contributed by atoms with Crippen molar-refractivity contribution >= 4 is 46.1 Å². The average Bonchev–Trinajstić information content (AvgIpc) is 2.60. The first-order chi connectivity index (χ1) is 12.5. The Morgan fingerprint density at radius 1 is 1.23 bits per heavy atom. The molecule has 132 valence electrons. The third-order valence-electron chi connectivity index (χ3n) is 3.84. The van der Waals surface area contributed by atoms with Gasteiger partial charge in [0.25, 0.3) is 11.5 Å². The van der Waals surface area contributed by atoms with Crippen molar-refractivity contribution in [1.82, 2.24) is 9.38 Å². The van der Waals surface area contributed by atoms with Crippen LogP contribution >= 0.6 is 23.2 Å². The lowest BCUT2D eigenvalue weighted by molar-refractivity contribution is -0.118. The third-order valence-corrected chi connectivity index (χ3v) is 4.37. The molecule has 0 bridgehead atoms. The molecule has 7 nitrogen and oxygen atoms in total. The summed E-state index contributed by atoms with van der Waals surface area (Å²) in [6.45, 7) is 0.249. The lowest BCUT2D eigenvalue weighted by Crippen LogP contribution is -2.25. The van der Waals surface area contributed by atoms with Gasteiger partial charge >= 0.3 is 0 Å². The van der Waals surface area contributed by atoms with Crippen molar-refractivity contribution in [3.63, 3.8) is 0 Å². The van der Waals surface area contributed by atoms with Crippen molar-refractivity contribution in [3.05, 3.63) is 62.6 Å². The molecular formula is C17H12Cl2N4O3. The Morgan fingerprint density at radius 3 is 2.92 bits per heavy atom. The Morgan fingerprint density at radius 2 is 2.08 bits per heavy atom. The highest BCUT2D eigenvalue weighted by atomic mass is 35.5. The van der Waals surface area contributed by atoms with E-state index in [9.17, 15) is 9.59 Å². The number of ether oxygens (including phenoxy) is 1. The van der Waals surface area contributed by atoms with E-state index in [1.54, 1.807) is 24.3 Å². The molecule has 26 heavy (non-hydrogen) atoms. The van der Waals surface area contributed by atoms with Crippen molar-refractivity contribution < 1.29 is 9.53 Å². The molecule has 9 heteroatoms. The van der Waals surface area contributed by atoms with Gasteiger partial charge in [-0.15, -0.1) is 0 Å². The second kappa shape index (κ2) is 6.51. The lowest BCUT2D eigenvalue weighted by Gasteiger charge is -2.20. The van der Waals surface area contributed by atoms with Gasteiger partial charge in [0.05, 0.1) is 33.7 Å². The maximum atomic E-state index is 12.2. The predicted octanol–water partition coefficient (Wildman–Crippen LogP) is 2.94. The maximum Gasteiger partial charge on any atom is 0.262 e. The summed E-state index contributed by atoms with van der Waals surface area (Å²) in [5.74, 6) is 0.299.